The summed E-state index contributed by atoms with van der Waals surface area (Å²) in [5.74, 6) is -1.28. The van der Waals surface area contributed by atoms with Crippen molar-refractivity contribution in [3.8, 4) is 28.8 Å². The summed E-state index contributed by atoms with van der Waals surface area (Å²) in [6, 6.07) is 6.56. The van der Waals surface area contributed by atoms with E-state index >= 15 is 0 Å². The summed E-state index contributed by atoms with van der Waals surface area (Å²) in [4.78, 5) is 24.1. The van der Waals surface area contributed by atoms with Gasteiger partial charge in [-0.3, -0.25) is 14.5 Å². The van der Waals surface area contributed by atoms with E-state index in [1.54, 1.807) is 10.7 Å². The van der Waals surface area contributed by atoms with Crippen LogP contribution >= 0.6 is 0 Å². The molecule has 3 saturated carbocycles. The van der Waals surface area contributed by atoms with Crippen molar-refractivity contribution in [3.63, 3.8) is 0 Å². The molecule has 4 fully saturated rings. The van der Waals surface area contributed by atoms with Crippen LogP contribution in [0.4, 0.5) is 8.78 Å². The molecule has 8 nitrogen and oxygen atoms in total. The van der Waals surface area contributed by atoms with Crippen molar-refractivity contribution in [2.24, 2.45) is 10.8 Å². The van der Waals surface area contributed by atoms with Crippen LogP contribution < -0.4 is 19.9 Å². The lowest BCUT2D eigenvalue weighted by molar-refractivity contribution is -0.182. The Kier molecular flexibility index (Phi) is 4.22. The van der Waals surface area contributed by atoms with Crippen LogP contribution in [0.15, 0.2) is 29.2 Å². The molecule has 2 bridgehead atoms. The van der Waals surface area contributed by atoms with Gasteiger partial charge >= 0.3 is 12.6 Å². The van der Waals surface area contributed by atoms with Gasteiger partial charge in [0.25, 0.3) is 0 Å². The van der Waals surface area contributed by atoms with Gasteiger partial charge in [-0.05, 0) is 57.2 Å². The van der Waals surface area contributed by atoms with Gasteiger partial charge in [0.1, 0.15) is 5.56 Å². The number of carbonyl (C=O) groups is 1. The Morgan fingerprint density at radius 3 is 2.57 bits per heavy atom. The third-order valence-corrected chi connectivity index (χ3v) is 7.98. The Bertz CT molecular complexity index is 1370. The number of fused-ring (bicyclic) bond motifs is 6. The average Bonchev–Trinajstić information content (AvgIpc) is 2.71. The molecule has 2 aliphatic heterocycles. The number of rotatable bonds is 6. The second-order valence-electron chi connectivity index (χ2n) is 10.9. The summed E-state index contributed by atoms with van der Waals surface area (Å²) in [6.07, 6.45) is 4.28. The number of carboxylic acid groups (broad SMARTS) is 1. The maximum Gasteiger partial charge on any atom is 0.387 e. The van der Waals surface area contributed by atoms with Crippen molar-refractivity contribution in [1.82, 2.24) is 4.68 Å². The molecule has 1 unspecified atom stereocenters. The molecule has 1 aromatic carbocycles. The van der Waals surface area contributed by atoms with Gasteiger partial charge in [0, 0.05) is 23.2 Å². The summed E-state index contributed by atoms with van der Waals surface area (Å²) in [7, 11) is 0. The van der Waals surface area contributed by atoms with E-state index in [1.165, 1.54) is 18.3 Å². The Morgan fingerprint density at radius 2 is 1.97 bits per heavy atom. The molecule has 3 aliphatic carbocycles. The van der Waals surface area contributed by atoms with E-state index in [2.05, 4.69) is 6.07 Å². The van der Waals surface area contributed by atoms with Crippen LogP contribution in [-0.2, 0) is 0 Å². The minimum atomic E-state index is -3.08. The van der Waals surface area contributed by atoms with Gasteiger partial charge in [-0.2, -0.15) is 14.0 Å². The minimum absolute atomic E-state index is 0.0919. The van der Waals surface area contributed by atoms with Crippen molar-refractivity contribution < 1.29 is 28.2 Å². The number of hydrogen-bond donors (Lipinski definition) is 1. The Balaban J connectivity index is 1.43. The van der Waals surface area contributed by atoms with Crippen molar-refractivity contribution in [1.29, 1.82) is 5.26 Å². The van der Waals surface area contributed by atoms with Gasteiger partial charge in [0.15, 0.2) is 16.9 Å². The van der Waals surface area contributed by atoms with Crippen LogP contribution in [0.5, 0.6) is 11.5 Å². The molecule has 7 rings (SSSR count). The van der Waals surface area contributed by atoms with E-state index in [9.17, 15) is 28.7 Å². The number of hydrogen-bond acceptors (Lipinski definition) is 6. The van der Waals surface area contributed by atoms with Gasteiger partial charge in [-0.15, -0.1) is 0 Å². The van der Waals surface area contributed by atoms with Crippen LogP contribution in [0.1, 0.15) is 61.5 Å². The maximum atomic E-state index is 13.3. The Labute approximate surface area is 199 Å². The number of pyridine rings is 1. The molecule has 0 amide bonds. The van der Waals surface area contributed by atoms with E-state index in [0.29, 0.717) is 17.9 Å². The monoisotopic (exact) mass is 483 g/mol. The van der Waals surface area contributed by atoms with Gasteiger partial charge in [0.2, 0.25) is 0 Å². The summed E-state index contributed by atoms with van der Waals surface area (Å²) in [5.41, 5.74) is 0.0340. The zero-order valence-electron chi connectivity index (χ0n) is 19.2. The number of nitrogens with zero attached hydrogens (tertiary/aromatic N) is 3. The molecule has 182 valence electrons. The van der Waals surface area contributed by atoms with E-state index in [-0.39, 0.29) is 39.5 Å². The fraction of sp³-hybridized carbons (Fsp3) is 0.480. The second kappa shape index (κ2) is 6.74. The lowest BCUT2D eigenvalue weighted by Gasteiger charge is -2.66. The number of carboxylic acids is 1. The molecule has 5 aliphatic rings. The number of aromatic nitrogens is 1. The predicted molar refractivity (Wildman–Crippen MR) is 119 cm³/mol. The molecule has 2 aromatic rings. The highest BCUT2D eigenvalue weighted by molar-refractivity contribution is 5.88. The number of ether oxygens (including phenoxy) is 2. The van der Waals surface area contributed by atoms with Crippen LogP contribution in [-0.4, -0.2) is 34.5 Å². The number of nitriles is 1. The molecule has 1 saturated heterocycles. The van der Waals surface area contributed by atoms with Crippen molar-refractivity contribution >= 4 is 5.97 Å². The third kappa shape index (κ3) is 3.00. The first-order valence-electron chi connectivity index (χ1n) is 11.4. The number of halogens is 2. The van der Waals surface area contributed by atoms with Crippen molar-refractivity contribution in [3.05, 3.63) is 45.7 Å². The van der Waals surface area contributed by atoms with Gasteiger partial charge in [0.05, 0.1) is 35.4 Å². The highest BCUT2D eigenvalue weighted by Gasteiger charge is 2.68. The van der Waals surface area contributed by atoms with E-state index in [4.69, 9.17) is 9.47 Å². The third-order valence-electron chi connectivity index (χ3n) is 7.98. The average molecular weight is 483 g/mol. The number of alkyl halides is 2. The normalized spacial score (nSPS) is 28.3. The quantitative estimate of drug-likeness (QED) is 0.661. The highest BCUT2D eigenvalue weighted by Crippen LogP contribution is 2.73. The maximum absolute atomic E-state index is 13.3. The number of benzene rings is 1. The second-order valence-corrected chi connectivity index (χ2v) is 10.9. The molecular formula is C25H23F2N3O5. The molecule has 1 aromatic heterocycles. The van der Waals surface area contributed by atoms with Crippen LogP contribution in [0, 0.1) is 22.2 Å². The van der Waals surface area contributed by atoms with E-state index in [0.717, 1.165) is 31.2 Å². The molecule has 1 N–H and O–H groups in total. The molecular weight excluding hydrogens is 460 g/mol. The lowest BCUT2D eigenvalue weighted by atomic mass is 9.36. The van der Waals surface area contributed by atoms with Crippen molar-refractivity contribution in [2.45, 2.75) is 57.7 Å². The molecule has 0 spiro atoms. The first kappa shape index (κ1) is 21.9. The predicted octanol–water partition coefficient (Wildman–Crippen LogP) is 4.06. The Morgan fingerprint density at radius 1 is 1.26 bits per heavy atom. The highest BCUT2D eigenvalue weighted by atomic mass is 19.3. The SMILES string of the molecule is CC1(C)CC2c3cc(OCC45CC(C#N)(C4)C5)c(OC(F)F)cc3-c3cc(=O)c(C(=O)O)cn3N21. The first-order valence-corrected chi connectivity index (χ1v) is 11.4. The number of aromatic carboxylic acids is 1. The van der Waals surface area contributed by atoms with E-state index in [1.807, 2.05) is 18.9 Å². The van der Waals surface area contributed by atoms with Crippen LogP contribution in [0.2, 0.25) is 0 Å². The van der Waals surface area contributed by atoms with E-state index < -0.39 is 18.0 Å². The molecule has 0 radical (unpaired) electrons. The summed E-state index contributed by atoms with van der Waals surface area (Å²) >= 11 is 0. The largest absolute Gasteiger partial charge is 0.489 e. The Hall–Kier alpha value is -3.61. The topological polar surface area (TPSA) is 105 Å². The molecule has 10 heteroatoms. The lowest BCUT2D eigenvalue weighted by Crippen LogP contribution is -2.65. The molecule has 1 atom stereocenters. The molecule has 3 heterocycles. The molecule has 35 heavy (non-hydrogen) atoms. The summed E-state index contributed by atoms with van der Waals surface area (Å²) < 4.78 is 39.1. The van der Waals surface area contributed by atoms with Gasteiger partial charge in [-0.1, -0.05) is 0 Å². The first-order chi connectivity index (χ1) is 16.5. The van der Waals surface area contributed by atoms with Crippen molar-refractivity contribution in [2.75, 3.05) is 11.6 Å². The van der Waals surface area contributed by atoms with Crippen LogP contribution in [0.3, 0.4) is 0 Å². The minimum Gasteiger partial charge on any atom is -0.489 e. The zero-order chi connectivity index (χ0) is 24.9. The summed E-state index contributed by atoms with van der Waals surface area (Å²) in [6.45, 7) is 1.26. The zero-order valence-corrected chi connectivity index (χ0v) is 19.2. The standard InChI is InChI=1S/C25H23F2N3O5/c1-23(2)6-17-14-3-19(34-12-25-8-24(9-25,10-25)11-28)20(35-22(26)27)4-13(14)16-5-18(31)15(21(32)33)7-29(16)30(17)23/h3-5,7,17,22H,6,8-10,12H2,1-2H3,(H,32,33). The van der Waals surface area contributed by atoms with Gasteiger partial charge in [-0.25, -0.2) is 4.79 Å². The fourth-order valence-corrected chi connectivity index (χ4v) is 6.58. The van der Waals surface area contributed by atoms with Gasteiger partial charge < -0.3 is 14.6 Å². The summed E-state index contributed by atoms with van der Waals surface area (Å²) in [5, 5.41) is 20.7. The smallest absolute Gasteiger partial charge is 0.387 e. The van der Waals surface area contributed by atoms with Crippen LogP contribution in [0.25, 0.3) is 11.3 Å². The fourth-order valence-electron chi connectivity index (χ4n) is 6.58.